The van der Waals surface area contributed by atoms with E-state index in [1.54, 1.807) is 24.3 Å². The van der Waals surface area contributed by atoms with Crippen LogP contribution in [0.3, 0.4) is 0 Å². The number of rotatable bonds is 6. The average molecular weight is 494 g/mol. The van der Waals surface area contributed by atoms with Crippen molar-refractivity contribution in [3.8, 4) is 11.5 Å². The van der Waals surface area contributed by atoms with Crippen molar-refractivity contribution in [2.24, 2.45) is 11.8 Å². The molecule has 2 atom stereocenters. The quantitative estimate of drug-likeness (QED) is 0.514. The first-order chi connectivity index (χ1) is 17.6. The number of fused-ring (bicyclic) bond motifs is 2. The maximum absolute atomic E-state index is 13.5. The van der Waals surface area contributed by atoms with Crippen molar-refractivity contribution >= 4 is 16.9 Å². The lowest BCUT2D eigenvalue weighted by Gasteiger charge is -2.38. The molecule has 2 aromatic carbocycles. The minimum absolute atomic E-state index is 0.0573. The standard InChI is InChI=1S/C28H32FN3O4/c29-22-6-7-23-25(14-22)36-31-27(23)18-9-11-32(12-10-18)16-21-4-2-1-3-20(21)15-30-28(33)19-5-8-24-26(13-19)35-17-34-24/h5-8,13-14,18,20-21H,1-4,9-12,15-17H2,(H,30,33)/t20-,21-/m0/s1. The van der Waals surface area contributed by atoms with Crippen LogP contribution >= 0.6 is 0 Å². The molecule has 0 bridgehead atoms. The van der Waals surface area contributed by atoms with Gasteiger partial charge in [-0.05, 0) is 80.9 Å². The molecule has 1 amide bonds. The van der Waals surface area contributed by atoms with E-state index >= 15 is 0 Å². The number of aromatic nitrogens is 1. The van der Waals surface area contributed by atoms with E-state index in [4.69, 9.17) is 14.0 Å². The molecular weight excluding hydrogens is 461 g/mol. The third kappa shape index (κ3) is 4.78. The molecule has 1 saturated heterocycles. The largest absolute Gasteiger partial charge is 0.454 e. The molecule has 2 fully saturated rings. The highest BCUT2D eigenvalue weighted by atomic mass is 19.1. The smallest absolute Gasteiger partial charge is 0.251 e. The van der Waals surface area contributed by atoms with E-state index in [0.717, 1.165) is 50.0 Å². The number of benzene rings is 2. The van der Waals surface area contributed by atoms with Gasteiger partial charge in [0.1, 0.15) is 5.82 Å². The molecule has 1 aliphatic carbocycles. The normalized spacial score (nSPS) is 22.7. The molecule has 3 aromatic rings. The van der Waals surface area contributed by atoms with Crippen LogP contribution in [0.25, 0.3) is 11.0 Å². The number of likely N-dealkylation sites (tertiary alicyclic amines) is 1. The van der Waals surface area contributed by atoms with Gasteiger partial charge in [0, 0.05) is 36.0 Å². The highest BCUT2D eigenvalue weighted by molar-refractivity contribution is 5.94. The predicted octanol–water partition coefficient (Wildman–Crippen LogP) is 5.11. The van der Waals surface area contributed by atoms with Gasteiger partial charge in [-0.1, -0.05) is 18.0 Å². The number of amides is 1. The van der Waals surface area contributed by atoms with Gasteiger partial charge >= 0.3 is 0 Å². The van der Waals surface area contributed by atoms with Crippen LogP contribution in [0.2, 0.25) is 0 Å². The Bertz CT molecular complexity index is 1240. The summed E-state index contributed by atoms with van der Waals surface area (Å²) in [4.78, 5) is 15.4. The zero-order valence-corrected chi connectivity index (χ0v) is 20.4. The molecule has 3 heterocycles. The highest BCUT2D eigenvalue weighted by Gasteiger charge is 2.31. The minimum atomic E-state index is -0.297. The summed E-state index contributed by atoms with van der Waals surface area (Å²) in [5, 5.41) is 8.39. The Morgan fingerprint density at radius 2 is 1.81 bits per heavy atom. The second-order valence-electron chi connectivity index (χ2n) is 10.4. The Balaban J connectivity index is 1.02. The van der Waals surface area contributed by atoms with Crippen LogP contribution in [-0.4, -0.2) is 48.9 Å². The van der Waals surface area contributed by atoms with Crippen LogP contribution in [0.15, 0.2) is 40.9 Å². The topological polar surface area (TPSA) is 76.8 Å². The fraction of sp³-hybridized carbons (Fsp3) is 0.500. The van der Waals surface area contributed by atoms with Gasteiger partial charge in [0.05, 0.1) is 5.69 Å². The summed E-state index contributed by atoms with van der Waals surface area (Å²) in [5.74, 6) is 2.39. The molecular formula is C28H32FN3O4. The first-order valence-electron chi connectivity index (χ1n) is 13.1. The lowest BCUT2D eigenvalue weighted by molar-refractivity contribution is 0.0912. The van der Waals surface area contributed by atoms with Crippen molar-refractivity contribution in [1.29, 1.82) is 0 Å². The van der Waals surface area contributed by atoms with Gasteiger partial charge in [-0.3, -0.25) is 4.79 Å². The van der Waals surface area contributed by atoms with Crippen LogP contribution in [0.5, 0.6) is 11.5 Å². The van der Waals surface area contributed by atoms with Crippen molar-refractivity contribution in [2.75, 3.05) is 33.0 Å². The molecule has 2 aliphatic heterocycles. The molecule has 3 aliphatic rings. The number of carbonyl (C=O) groups excluding carboxylic acids is 1. The third-order valence-electron chi connectivity index (χ3n) is 8.15. The van der Waals surface area contributed by atoms with Crippen molar-refractivity contribution in [1.82, 2.24) is 15.4 Å². The molecule has 1 aromatic heterocycles. The van der Waals surface area contributed by atoms with E-state index in [9.17, 15) is 9.18 Å². The van der Waals surface area contributed by atoms with Gasteiger partial charge in [-0.15, -0.1) is 0 Å². The van der Waals surface area contributed by atoms with E-state index in [2.05, 4.69) is 15.4 Å². The number of ether oxygens (including phenoxy) is 2. The summed E-state index contributed by atoms with van der Waals surface area (Å²) in [6, 6.07) is 10.0. The summed E-state index contributed by atoms with van der Waals surface area (Å²) in [5.41, 5.74) is 2.10. The second kappa shape index (κ2) is 10.1. The van der Waals surface area contributed by atoms with Gasteiger partial charge in [-0.2, -0.15) is 0 Å². The Kier molecular flexibility index (Phi) is 6.52. The zero-order valence-electron chi connectivity index (χ0n) is 20.4. The van der Waals surface area contributed by atoms with Crippen molar-refractivity contribution in [3.63, 3.8) is 0 Å². The third-order valence-corrected chi connectivity index (χ3v) is 8.15. The van der Waals surface area contributed by atoms with Crippen LogP contribution in [-0.2, 0) is 0 Å². The molecule has 190 valence electrons. The predicted molar refractivity (Wildman–Crippen MR) is 133 cm³/mol. The summed E-state index contributed by atoms with van der Waals surface area (Å²) in [6.07, 6.45) is 6.90. The molecule has 36 heavy (non-hydrogen) atoms. The molecule has 7 nitrogen and oxygen atoms in total. The molecule has 8 heteroatoms. The number of hydrogen-bond donors (Lipinski definition) is 1. The summed E-state index contributed by atoms with van der Waals surface area (Å²) in [6.45, 7) is 4.02. The molecule has 1 saturated carbocycles. The monoisotopic (exact) mass is 493 g/mol. The Morgan fingerprint density at radius 3 is 2.67 bits per heavy atom. The molecule has 0 spiro atoms. The average Bonchev–Trinajstić information content (AvgIpc) is 3.55. The first kappa shape index (κ1) is 23.3. The van der Waals surface area contributed by atoms with Gasteiger partial charge in [0.2, 0.25) is 6.79 Å². The summed E-state index contributed by atoms with van der Waals surface area (Å²) >= 11 is 0. The summed E-state index contributed by atoms with van der Waals surface area (Å²) < 4.78 is 29.6. The van der Waals surface area contributed by atoms with E-state index in [1.165, 1.54) is 31.4 Å². The van der Waals surface area contributed by atoms with Gasteiger partial charge in [0.25, 0.3) is 5.91 Å². The van der Waals surface area contributed by atoms with E-state index in [1.807, 2.05) is 0 Å². The number of carbonyl (C=O) groups is 1. The van der Waals surface area contributed by atoms with E-state index < -0.39 is 0 Å². The first-order valence-corrected chi connectivity index (χ1v) is 13.1. The lowest BCUT2D eigenvalue weighted by Crippen LogP contribution is -2.42. The van der Waals surface area contributed by atoms with Crippen molar-refractivity contribution < 1.29 is 23.2 Å². The SMILES string of the molecule is O=C(NC[C@@H]1CCCC[C@H]1CN1CCC(c2noc3cc(F)ccc23)CC1)c1ccc2c(c1)OCO2. The van der Waals surface area contributed by atoms with E-state index in [-0.39, 0.29) is 18.5 Å². The fourth-order valence-corrected chi connectivity index (χ4v) is 6.10. The number of nitrogens with zero attached hydrogens (tertiary/aromatic N) is 2. The maximum atomic E-state index is 13.5. The number of halogens is 1. The Morgan fingerprint density at radius 1 is 1.00 bits per heavy atom. The van der Waals surface area contributed by atoms with Crippen molar-refractivity contribution in [2.45, 2.75) is 44.4 Å². The fourth-order valence-electron chi connectivity index (χ4n) is 6.10. The van der Waals surface area contributed by atoms with E-state index in [0.29, 0.717) is 46.9 Å². The number of nitrogens with one attached hydrogen (secondary N) is 1. The Labute approximate surface area is 209 Å². The van der Waals surface area contributed by atoms with Crippen molar-refractivity contribution in [3.05, 3.63) is 53.5 Å². The lowest BCUT2D eigenvalue weighted by atomic mass is 9.78. The van der Waals surface area contributed by atoms with Crippen LogP contribution in [0, 0.1) is 17.7 Å². The zero-order chi connectivity index (χ0) is 24.5. The number of hydrogen-bond acceptors (Lipinski definition) is 6. The highest BCUT2D eigenvalue weighted by Crippen LogP contribution is 2.36. The van der Waals surface area contributed by atoms with Crippen LogP contribution in [0.1, 0.15) is 60.5 Å². The molecule has 6 rings (SSSR count). The maximum Gasteiger partial charge on any atom is 0.251 e. The van der Waals surface area contributed by atoms with Gasteiger partial charge in [0.15, 0.2) is 17.1 Å². The molecule has 1 N–H and O–H groups in total. The van der Waals surface area contributed by atoms with Crippen LogP contribution < -0.4 is 14.8 Å². The van der Waals surface area contributed by atoms with Gasteiger partial charge in [-0.25, -0.2) is 4.39 Å². The second-order valence-corrected chi connectivity index (χ2v) is 10.4. The minimum Gasteiger partial charge on any atom is -0.454 e. The molecule has 0 unspecified atom stereocenters. The van der Waals surface area contributed by atoms with Crippen LogP contribution in [0.4, 0.5) is 4.39 Å². The summed E-state index contributed by atoms with van der Waals surface area (Å²) in [7, 11) is 0. The van der Waals surface area contributed by atoms with Gasteiger partial charge < -0.3 is 24.2 Å². The number of piperidine rings is 1. The Hall–Kier alpha value is -3.13. The molecule has 0 radical (unpaired) electrons.